The third-order valence-electron chi connectivity index (χ3n) is 4.77. The zero-order valence-electron chi connectivity index (χ0n) is 17.7. The molecule has 1 aliphatic rings. The van der Waals surface area contributed by atoms with Gasteiger partial charge in [0.2, 0.25) is 5.88 Å². The van der Waals surface area contributed by atoms with Crippen LogP contribution in [0, 0.1) is 12.8 Å². The van der Waals surface area contributed by atoms with E-state index in [1.807, 2.05) is 20.8 Å². The smallest absolute Gasteiger partial charge is 0.269 e. The van der Waals surface area contributed by atoms with Crippen LogP contribution in [0.3, 0.4) is 0 Å². The predicted octanol–water partition coefficient (Wildman–Crippen LogP) is 5.31. The van der Waals surface area contributed by atoms with E-state index >= 15 is 0 Å². The van der Waals surface area contributed by atoms with E-state index in [2.05, 4.69) is 4.98 Å². The maximum absolute atomic E-state index is 13.3. The molecule has 0 spiro atoms. The molecule has 1 amide bonds. The molecule has 32 heavy (non-hydrogen) atoms. The van der Waals surface area contributed by atoms with E-state index in [4.69, 9.17) is 28.6 Å². The topological polar surface area (TPSA) is 63.9 Å². The van der Waals surface area contributed by atoms with Crippen molar-refractivity contribution in [1.29, 1.82) is 0 Å². The van der Waals surface area contributed by atoms with Crippen molar-refractivity contribution in [2.75, 3.05) is 6.54 Å². The molecule has 1 aliphatic heterocycles. The fraction of sp³-hybridized carbons (Fsp3) is 0.217. The van der Waals surface area contributed by atoms with Crippen LogP contribution in [0.5, 0.6) is 11.6 Å². The van der Waals surface area contributed by atoms with E-state index < -0.39 is 0 Å². The third kappa shape index (κ3) is 4.44. The number of carbonyl (C=O) groups is 1. The molecule has 2 aromatic heterocycles. The number of pyridine rings is 1. The van der Waals surface area contributed by atoms with Crippen molar-refractivity contribution in [2.45, 2.75) is 20.8 Å². The summed E-state index contributed by atoms with van der Waals surface area (Å²) in [5, 5.41) is 0.609. The molecule has 9 heteroatoms. The van der Waals surface area contributed by atoms with Gasteiger partial charge in [-0.1, -0.05) is 55.5 Å². The quantitative estimate of drug-likeness (QED) is 0.360. The minimum absolute atomic E-state index is 0.108. The van der Waals surface area contributed by atoms with E-state index in [1.54, 1.807) is 47.5 Å². The molecule has 0 atom stereocenters. The number of aryl methyl sites for hydroxylation is 1. The molecule has 0 radical (unpaired) electrons. The fourth-order valence-corrected chi connectivity index (χ4v) is 4.60. The second-order valence-corrected chi connectivity index (χ2v) is 9.85. The maximum atomic E-state index is 13.3. The molecular weight excluding hydrogens is 466 g/mol. The number of hydrogen-bond donors (Lipinski definition) is 0. The van der Waals surface area contributed by atoms with E-state index in [9.17, 15) is 9.59 Å². The molecule has 0 aliphatic carbocycles. The van der Waals surface area contributed by atoms with Crippen molar-refractivity contribution in [3.63, 3.8) is 0 Å². The Morgan fingerprint density at radius 3 is 2.75 bits per heavy atom. The molecule has 0 bridgehead atoms. The first-order chi connectivity index (χ1) is 15.2. The van der Waals surface area contributed by atoms with Gasteiger partial charge in [0.05, 0.1) is 4.91 Å². The number of halogens is 1. The monoisotopic (exact) mass is 485 g/mol. The van der Waals surface area contributed by atoms with Gasteiger partial charge in [0.15, 0.2) is 0 Å². The lowest BCUT2D eigenvalue weighted by atomic mass is 10.2. The number of benzene rings is 1. The number of fused-ring (bicyclic) bond motifs is 1. The van der Waals surface area contributed by atoms with E-state index in [0.717, 1.165) is 5.56 Å². The largest absolute Gasteiger partial charge is 0.438 e. The Hall–Kier alpha value is -2.68. The number of nitrogens with zero attached hydrogens (tertiary/aromatic N) is 3. The summed E-state index contributed by atoms with van der Waals surface area (Å²) >= 11 is 12.7. The maximum Gasteiger partial charge on any atom is 0.269 e. The predicted molar refractivity (Wildman–Crippen MR) is 132 cm³/mol. The summed E-state index contributed by atoms with van der Waals surface area (Å²) in [6.45, 7) is 6.41. The number of carbonyl (C=O) groups excluding carboxylic acids is 1. The van der Waals surface area contributed by atoms with Crippen molar-refractivity contribution >= 4 is 57.5 Å². The number of rotatable bonds is 5. The molecule has 0 unspecified atom stereocenters. The highest BCUT2D eigenvalue weighted by Crippen LogP contribution is 2.34. The molecule has 164 valence electrons. The Balaban J connectivity index is 1.83. The summed E-state index contributed by atoms with van der Waals surface area (Å²) in [6, 6.07) is 10.4. The van der Waals surface area contributed by atoms with E-state index in [-0.39, 0.29) is 28.8 Å². The van der Waals surface area contributed by atoms with Crippen LogP contribution in [-0.2, 0) is 4.79 Å². The van der Waals surface area contributed by atoms with Crippen molar-refractivity contribution < 1.29 is 9.53 Å². The van der Waals surface area contributed by atoms with Crippen molar-refractivity contribution in [2.24, 2.45) is 5.92 Å². The molecule has 1 aromatic carbocycles. The van der Waals surface area contributed by atoms with Gasteiger partial charge in [0.1, 0.15) is 21.3 Å². The van der Waals surface area contributed by atoms with Crippen LogP contribution in [0.4, 0.5) is 0 Å². The lowest BCUT2D eigenvalue weighted by Gasteiger charge is -2.16. The SMILES string of the molecule is Cc1cc(Oc2nc3ccccn3c(=O)c2/C=C2/SC(=S)N(CC(C)C)C2=O)ccc1Cl. The number of hydrogen-bond acceptors (Lipinski definition) is 6. The minimum atomic E-state index is -0.342. The van der Waals surface area contributed by atoms with Gasteiger partial charge in [-0.05, 0) is 54.8 Å². The average molecular weight is 486 g/mol. The zero-order valence-corrected chi connectivity index (χ0v) is 20.1. The highest BCUT2D eigenvalue weighted by atomic mass is 35.5. The van der Waals surface area contributed by atoms with Gasteiger partial charge in [-0.25, -0.2) is 0 Å². The lowest BCUT2D eigenvalue weighted by Crippen LogP contribution is -2.31. The molecule has 3 aromatic rings. The van der Waals surface area contributed by atoms with Gasteiger partial charge >= 0.3 is 0 Å². The summed E-state index contributed by atoms with van der Waals surface area (Å²) in [4.78, 5) is 32.7. The molecule has 4 rings (SSSR count). The average Bonchev–Trinajstić information content (AvgIpc) is 3.00. The Morgan fingerprint density at radius 2 is 2.03 bits per heavy atom. The third-order valence-corrected chi connectivity index (χ3v) is 6.58. The van der Waals surface area contributed by atoms with Crippen molar-refractivity contribution in [3.8, 4) is 11.6 Å². The van der Waals surface area contributed by atoms with Crippen LogP contribution in [0.25, 0.3) is 11.7 Å². The zero-order chi connectivity index (χ0) is 23.0. The van der Waals surface area contributed by atoms with Gasteiger partial charge < -0.3 is 4.74 Å². The second-order valence-electron chi connectivity index (χ2n) is 7.76. The number of amides is 1. The summed E-state index contributed by atoms with van der Waals surface area (Å²) in [6.07, 6.45) is 3.15. The molecular formula is C23H20ClN3O3S2. The summed E-state index contributed by atoms with van der Waals surface area (Å²) in [7, 11) is 0. The Bertz CT molecular complexity index is 1330. The standard InChI is InChI=1S/C23H20ClN3O3S2/c1-13(2)12-27-22(29)18(32-23(27)31)11-16-20(30-15-7-8-17(24)14(3)10-15)25-19-6-4-5-9-26(19)21(16)28/h4-11,13H,12H2,1-3H3/b18-11+. The molecule has 0 N–H and O–H groups in total. The van der Waals surface area contributed by atoms with Gasteiger partial charge in [-0.15, -0.1) is 0 Å². The number of thioether (sulfide) groups is 1. The van der Waals surface area contributed by atoms with Crippen LogP contribution in [0.15, 0.2) is 52.3 Å². The minimum Gasteiger partial charge on any atom is -0.438 e. The normalized spacial score (nSPS) is 15.4. The Kier molecular flexibility index (Phi) is 6.37. The van der Waals surface area contributed by atoms with Crippen molar-refractivity contribution in [3.05, 3.63) is 74.0 Å². The van der Waals surface area contributed by atoms with Crippen molar-refractivity contribution in [1.82, 2.24) is 14.3 Å². The first-order valence-corrected chi connectivity index (χ1v) is 11.6. The summed E-state index contributed by atoms with van der Waals surface area (Å²) in [5.41, 5.74) is 1.09. The molecule has 6 nitrogen and oxygen atoms in total. The van der Waals surface area contributed by atoms with Gasteiger partial charge in [0, 0.05) is 17.8 Å². The van der Waals surface area contributed by atoms with Crippen LogP contribution >= 0.6 is 35.6 Å². The Labute approximate surface area is 199 Å². The first kappa shape index (κ1) is 22.5. The van der Waals surface area contributed by atoms with Gasteiger partial charge in [0.25, 0.3) is 11.5 Å². The second kappa shape index (κ2) is 9.05. The van der Waals surface area contributed by atoms with Gasteiger partial charge in [-0.2, -0.15) is 4.98 Å². The molecule has 0 saturated carbocycles. The summed E-state index contributed by atoms with van der Waals surface area (Å²) < 4.78 is 7.89. The van der Waals surface area contributed by atoms with Gasteiger partial charge in [-0.3, -0.25) is 18.9 Å². The molecule has 1 fully saturated rings. The number of thiocarbonyl (C=S) groups is 1. The highest BCUT2D eigenvalue weighted by molar-refractivity contribution is 8.26. The fourth-order valence-electron chi connectivity index (χ4n) is 3.23. The van der Waals surface area contributed by atoms with E-state index in [1.165, 1.54) is 22.2 Å². The van der Waals surface area contributed by atoms with Crippen LogP contribution in [0.2, 0.25) is 5.02 Å². The highest BCUT2D eigenvalue weighted by Gasteiger charge is 2.33. The van der Waals surface area contributed by atoms with Crippen LogP contribution in [0.1, 0.15) is 25.0 Å². The number of ether oxygens (including phenoxy) is 1. The van der Waals surface area contributed by atoms with Crippen LogP contribution in [-0.4, -0.2) is 31.1 Å². The molecule has 1 saturated heterocycles. The first-order valence-electron chi connectivity index (χ1n) is 9.95. The Morgan fingerprint density at radius 1 is 1.25 bits per heavy atom. The van der Waals surface area contributed by atoms with E-state index in [0.29, 0.717) is 32.2 Å². The molecule has 3 heterocycles. The lowest BCUT2D eigenvalue weighted by molar-refractivity contribution is -0.122. The van der Waals surface area contributed by atoms with Crippen LogP contribution < -0.4 is 10.3 Å². The summed E-state index contributed by atoms with van der Waals surface area (Å²) in [5.74, 6) is 0.634. The number of aromatic nitrogens is 2.